The van der Waals surface area contributed by atoms with Crippen LogP contribution >= 0.6 is 0 Å². The second-order valence-electron chi connectivity index (χ2n) is 5.92. The predicted molar refractivity (Wildman–Crippen MR) is 80.0 cm³/mol. The maximum atomic E-state index is 11.7. The molecule has 2 aromatic rings. The van der Waals surface area contributed by atoms with Gasteiger partial charge >= 0.3 is 5.69 Å². The van der Waals surface area contributed by atoms with Gasteiger partial charge in [-0.05, 0) is 16.5 Å². The van der Waals surface area contributed by atoms with Crippen molar-refractivity contribution >= 4 is 5.69 Å². The molecule has 0 saturated carbocycles. The van der Waals surface area contributed by atoms with Crippen molar-refractivity contribution in [3.63, 3.8) is 0 Å². The fourth-order valence-corrected chi connectivity index (χ4v) is 1.95. The highest BCUT2D eigenvalue weighted by Gasteiger charge is 2.13. The molecule has 3 N–H and O–H groups in total. The molecule has 1 aromatic carbocycles. The van der Waals surface area contributed by atoms with Crippen molar-refractivity contribution in [2.24, 2.45) is 0 Å². The third-order valence-corrected chi connectivity index (χ3v) is 3.21. The number of hydrogen-bond acceptors (Lipinski definition) is 3. The van der Waals surface area contributed by atoms with E-state index in [2.05, 4.69) is 37.9 Å². The first-order valence-electron chi connectivity index (χ1n) is 6.46. The number of aromatic nitrogens is 2. The molecule has 2 rings (SSSR count). The van der Waals surface area contributed by atoms with Crippen LogP contribution < -0.4 is 17.0 Å². The average Bonchev–Trinajstić information content (AvgIpc) is 2.35. The minimum atomic E-state index is -0.547. The van der Waals surface area contributed by atoms with E-state index in [9.17, 15) is 9.59 Å². The van der Waals surface area contributed by atoms with Crippen molar-refractivity contribution in [1.29, 1.82) is 0 Å². The first kappa shape index (κ1) is 14.1. The molecular formula is C15H19N3O2. The Morgan fingerprint density at radius 3 is 2.30 bits per heavy atom. The van der Waals surface area contributed by atoms with E-state index in [1.165, 1.54) is 16.3 Å². The number of hydrogen-bond donors (Lipinski definition) is 2. The first-order chi connectivity index (χ1) is 9.27. The lowest BCUT2D eigenvalue weighted by molar-refractivity contribution is 0.589. The number of nitrogens with two attached hydrogens (primary N) is 1. The summed E-state index contributed by atoms with van der Waals surface area (Å²) in [5.74, 6) is 0. The largest absolute Gasteiger partial charge is 0.393 e. The lowest BCUT2D eigenvalue weighted by Gasteiger charge is -2.19. The highest BCUT2D eigenvalue weighted by Crippen LogP contribution is 2.22. The van der Waals surface area contributed by atoms with E-state index in [1.807, 2.05) is 12.1 Å². The van der Waals surface area contributed by atoms with Crippen LogP contribution in [0.5, 0.6) is 0 Å². The van der Waals surface area contributed by atoms with Gasteiger partial charge in [0, 0.05) is 6.20 Å². The molecule has 0 fully saturated rings. The van der Waals surface area contributed by atoms with Crippen LogP contribution in [0, 0.1) is 0 Å². The van der Waals surface area contributed by atoms with E-state index in [0.717, 1.165) is 5.56 Å². The summed E-state index contributed by atoms with van der Waals surface area (Å²) in [5, 5.41) is 0. The summed E-state index contributed by atoms with van der Waals surface area (Å²) >= 11 is 0. The van der Waals surface area contributed by atoms with E-state index < -0.39 is 11.2 Å². The lowest BCUT2D eigenvalue weighted by atomic mass is 9.87. The summed E-state index contributed by atoms with van der Waals surface area (Å²) in [6, 6.07) is 8.06. The van der Waals surface area contributed by atoms with Crippen LogP contribution in [0.25, 0.3) is 0 Å². The highest BCUT2D eigenvalue weighted by molar-refractivity contribution is 5.31. The van der Waals surface area contributed by atoms with E-state index in [-0.39, 0.29) is 11.1 Å². The van der Waals surface area contributed by atoms with Gasteiger partial charge in [-0.15, -0.1) is 0 Å². The van der Waals surface area contributed by atoms with Crippen LogP contribution in [0.2, 0.25) is 0 Å². The third kappa shape index (κ3) is 2.99. The number of rotatable bonds is 2. The molecule has 0 aliphatic rings. The van der Waals surface area contributed by atoms with Gasteiger partial charge in [-0.1, -0.05) is 45.0 Å². The smallest absolute Gasteiger partial charge is 0.328 e. The Labute approximate surface area is 117 Å². The molecule has 0 bridgehead atoms. The number of benzene rings is 1. The van der Waals surface area contributed by atoms with Gasteiger partial charge in [0.05, 0.1) is 6.54 Å². The van der Waals surface area contributed by atoms with E-state index >= 15 is 0 Å². The number of anilines is 1. The number of aromatic amines is 1. The van der Waals surface area contributed by atoms with Crippen molar-refractivity contribution in [3.05, 3.63) is 62.4 Å². The van der Waals surface area contributed by atoms with Crippen LogP contribution in [-0.4, -0.2) is 9.55 Å². The summed E-state index contributed by atoms with van der Waals surface area (Å²) in [6.07, 6.45) is 1.37. The molecule has 0 saturated heterocycles. The van der Waals surface area contributed by atoms with E-state index in [1.54, 1.807) is 0 Å². The molecule has 5 nitrogen and oxygen atoms in total. The minimum absolute atomic E-state index is 0.0379. The average molecular weight is 273 g/mol. The van der Waals surface area contributed by atoms with Crippen molar-refractivity contribution < 1.29 is 0 Å². The summed E-state index contributed by atoms with van der Waals surface area (Å²) in [5.41, 5.74) is 6.86. The molecule has 20 heavy (non-hydrogen) atoms. The zero-order chi connectivity index (χ0) is 14.9. The SMILES string of the molecule is CC(C)(C)c1ccc(Cn2cc(N)c(=O)[nH]c2=O)cc1. The molecular weight excluding hydrogens is 254 g/mol. The van der Waals surface area contributed by atoms with Gasteiger partial charge in [0.2, 0.25) is 0 Å². The molecule has 106 valence electrons. The Balaban J connectivity index is 2.29. The van der Waals surface area contributed by atoms with Gasteiger partial charge in [-0.2, -0.15) is 0 Å². The second kappa shape index (κ2) is 5.00. The van der Waals surface area contributed by atoms with Gasteiger partial charge in [-0.3, -0.25) is 14.3 Å². The van der Waals surface area contributed by atoms with Crippen LogP contribution in [0.15, 0.2) is 40.1 Å². The van der Waals surface area contributed by atoms with Gasteiger partial charge in [0.1, 0.15) is 5.69 Å². The van der Waals surface area contributed by atoms with E-state index in [0.29, 0.717) is 6.54 Å². The molecule has 0 amide bonds. The van der Waals surface area contributed by atoms with Crippen LogP contribution in [0.4, 0.5) is 5.69 Å². The summed E-state index contributed by atoms with van der Waals surface area (Å²) in [4.78, 5) is 25.1. The van der Waals surface area contributed by atoms with Gasteiger partial charge < -0.3 is 5.73 Å². The lowest BCUT2D eigenvalue weighted by Crippen LogP contribution is -2.31. The fourth-order valence-electron chi connectivity index (χ4n) is 1.95. The van der Waals surface area contributed by atoms with Gasteiger partial charge in [0.25, 0.3) is 5.56 Å². The van der Waals surface area contributed by atoms with Gasteiger partial charge in [-0.25, -0.2) is 4.79 Å². The molecule has 0 atom stereocenters. The maximum absolute atomic E-state index is 11.7. The normalized spacial score (nSPS) is 11.6. The number of nitrogens with zero attached hydrogens (tertiary/aromatic N) is 1. The van der Waals surface area contributed by atoms with Crippen LogP contribution in [0.3, 0.4) is 0 Å². The minimum Gasteiger partial charge on any atom is -0.393 e. The van der Waals surface area contributed by atoms with Crippen molar-refractivity contribution in [3.8, 4) is 0 Å². The third-order valence-electron chi connectivity index (χ3n) is 3.21. The van der Waals surface area contributed by atoms with Gasteiger partial charge in [0.15, 0.2) is 0 Å². The molecule has 0 aliphatic carbocycles. The van der Waals surface area contributed by atoms with Crippen molar-refractivity contribution in [1.82, 2.24) is 9.55 Å². The Morgan fingerprint density at radius 1 is 1.15 bits per heavy atom. The van der Waals surface area contributed by atoms with Crippen LogP contribution in [0.1, 0.15) is 31.9 Å². The number of nitrogen functional groups attached to an aromatic ring is 1. The highest BCUT2D eigenvalue weighted by atomic mass is 16.2. The quantitative estimate of drug-likeness (QED) is 0.869. The second-order valence-corrected chi connectivity index (χ2v) is 5.92. The monoisotopic (exact) mass is 273 g/mol. The topological polar surface area (TPSA) is 80.9 Å². The van der Waals surface area contributed by atoms with Crippen molar-refractivity contribution in [2.75, 3.05) is 5.73 Å². The molecule has 0 spiro atoms. The van der Waals surface area contributed by atoms with Crippen molar-refractivity contribution in [2.45, 2.75) is 32.7 Å². The van der Waals surface area contributed by atoms with E-state index in [4.69, 9.17) is 5.73 Å². The zero-order valence-corrected chi connectivity index (χ0v) is 11.9. The number of H-pyrrole nitrogens is 1. The number of nitrogens with one attached hydrogen (secondary N) is 1. The molecule has 1 aromatic heterocycles. The molecule has 0 radical (unpaired) electrons. The fraction of sp³-hybridized carbons (Fsp3) is 0.333. The Hall–Kier alpha value is -2.30. The molecule has 5 heteroatoms. The Morgan fingerprint density at radius 2 is 1.75 bits per heavy atom. The molecule has 1 heterocycles. The predicted octanol–water partition coefficient (Wildman–Crippen LogP) is 1.46. The molecule has 0 unspecified atom stereocenters. The Kier molecular flexibility index (Phi) is 3.53. The summed E-state index contributed by atoms with van der Waals surface area (Å²) in [6.45, 7) is 6.82. The Bertz CT molecular complexity index is 719. The first-order valence-corrected chi connectivity index (χ1v) is 6.46. The summed E-state index contributed by atoms with van der Waals surface area (Å²) < 4.78 is 1.39. The summed E-state index contributed by atoms with van der Waals surface area (Å²) in [7, 11) is 0. The van der Waals surface area contributed by atoms with Crippen LogP contribution in [-0.2, 0) is 12.0 Å². The standard InChI is InChI=1S/C15H19N3O2/c1-15(2,3)11-6-4-10(5-7-11)8-18-9-12(16)13(19)17-14(18)20/h4-7,9H,8,16H2,1-3H3,(H,17,19,20). The molecule has 0 aliphatic heterocycles. The maximum Gasteiger partial charge on any atom is 0.328 e. The zero-order valence-electron chi connectivity index (χ0n) is 11.9.